The fourth-order valence-electron chi connectivity index (χ4n) is 2.67. The van der Waals surface area contributed by atoms with Crippen LogP contribution >= 0.6 is 23.2 Å². The summed E-state index contributed by atoms with van der Waals surface area (Å²) in [6.07, 6.45) is 3.89. The number of hydrogen-bond acceptors (Lipinski definition) is 2. The number of benzene rings is 1. The van der Waals surface area contributed by atoms with Gasteiger partial charge in [0.15, 0.2) is 0 Å². The van der Waals surface area contributed by atoms with E-state index in [0.29, 0.717) is 5.02 Å². The molecule has 2 rings (SSSR count). The number of rotatable bonds is 5. The van der Waals surface area contributed by atoms with Crippen LogP contribution in [-0.4, -0.2) is 31.6 Å². The number of hydrogen-bond donors (Lipinski definition) is 1. The van der Waals surface area contributed by atoms with Crippen LogP contribution in [-0.2, 0) is 6.54 Å². The van der Waals surface area contributed by atoms with E-state index in [1.54, 1.807) is 0 Å². The second kappa shape index (κ2) is 7.49. The molecule has 106 valence electrons. The van der Waals surface area contributed by atoms with Gasteiger partial charge in [0.2, 0.25) is 0 Å². The van der Waals surface area contributed by atoms with E-state index in [4.69, 9.17) is 23.2 Å². The fourth-order valence-corrected chi connectivity index (χ4v) is 3.14. The molecular weight excluding hydrogens is 279 g/mol. The summed E-state index contributed by atoms with van der Waals surface area (Å²) in [5, 5.41) is 4.73. The Morgan fingerprint density at radius 3 is 2.63 bits per heavy atom. The molecule has 1 aliphatic rings. The standard InChI is InChI=1S/C15H22Cl2N2/c1-18-7-4-12-5-8-19(9-6-12)11-13-2-3-14(16)10-15(13)17/h2-3,10,12,18H,4-9,11H2,1H3. The monoisotopic (exact) mass is 300 g/mol. The van der Waals surface area contributed by atoms with Gasteiger partial charge < -0.3 is 5.32 Å². The maximum Gasteiger partial charge on any atom is 0.0465 e. The molecule has 0 aliphatic carbocycles. The topological polar surface area (TPSA) is 15.3 Å². The van der Waals surface area contributed by atoms with Crippen LogP contribution in [0.1, 0.15) is 24.8 Å². The molecule has 1 saturated heterocycles. The Morgan fingerprint density at radius 2 is 2.00 bits per heavy atom. The third kappa shape index (κ3) is 4.64. The van der Waals surface area contributed by atoms with Crippen molar-refractivity contribution in [3.63, 3.8) is 0 Å². The molecule has 1 aromatic rings. The van der Waals surface area contributed by atoms with Gasteiger partial charge in [-0.05, 0) is 69.6 Å². The van der Waals surface area contributed by atoms with Crippen LogP contribution in [0.2, 0.25) is 10.0 Å². The van der Waals surface area contributed by atoms with E-state index in [2.05, 4.69) is 10.2 Å². The van der Waals surface area contributed by atoms with Crippen molar-refractivity contribution in [1.29, 1.82) is 0 Å². The van der Waals surface area contributed by atoms with Gasteiger partial charge in [0, 0.05) is 16.6 Å². The zero-order valence-electron chi connectivity index (χ0n) is 11.5. The van der Waals surface area contributed by atoms with Crippen molar-refractivity contribution >= 4 is 23.2 Å². The lowest BCUT2D eigenvalue weighted by molar-refractivity contribution is 0.172. The summed E-state index contributed by atoms with van der Waals surface area (Å²) in [5.74, 6) is 0.879. The van der Waals surface area contributed by atoms with Crippen LogP contribution in [0.25, 0.3) is 0 Å². The molecule has 0 spiro atoms. The van der Waals surface area contributed by atoms with Gasteiger partial charge in [-0.25, -0.2) is 0 Å². The van der Waals surface area contributed by atoms with Crippen LogP contribution in [0, 0.1) is 5.92 Å². The van der Waals surface area contributed by atoms with E-state index in [0.717, 1.165) is 24.0 Å². The quantitative estimate of drug-likeness (QED) is 0.889. The first-order chi connectivity index (χ1) is 9.19. The van der Waals surface area contributed by atoms with Crippen LogP contribution in [0.4, 0.5) is 0 Å². The Bertz CT molecular complexity index is 401. The smallest absolute Gasteiger partial charge is 0.0465 e. The summed E-state index contributed by atoms with van der Waals surface area (Å²) in [4.78, 5) is 2.49. The van der Waals surface area contributed by atoms with Crippen LogP contribution in [0.5, 0.6) is 0 Å². The Hall–Kier alpha value is -0.280. The fraction of sp³-hybridized carbons (Fsp3) is 0.600. The predicted octanol–water partition coefficient (Wildman–Crippen LogP) is 3.81. The van der Waals surface area contributed by atoms with Gasteiger partial charge in [0.05, 0.1) is 0 Å². The third-order valence-corrected chi connectivity index (χ3v) is 4.51. The number of likely N-dealkylation sites (tertiary alicyclic amines) is 1. The van der Waals surface area contributed by atoms with E-state index in [1.165, 1.54) is 37.9 Å². The molecular formula is C15H22Cl2N2. The molecule has 1 aliphatic heterocycles. The van der Waals surface area contributed by atoms with Crippen molar-refractivity contribution in [3.05, 3.63) is 33.8 Å². The zero-order chi connectivity index (χ0) is 13.7. The second-order valence-electron chi connectivity index (χ2n) is 5.35. The largest absolute Gasteiger partial charge is 0.320 e. The van der Waals surface area contributed by atoms with Crippen molar-refractivity contribution in [3.8, 4) is 0 Å². The normalized spacial score (nSPS) is 17.8. The minimum absolute atomic E-state index is 0.708. The molecule has 0 unspecified atom stereocenters. The number of piperidine rings is 1. The van der Waals surface area contributed by atoms with Crippen molar-refractivity contribution < 1.29 is 0 Å². The van der Waals surface area contributed by atoms with Crippen LogP contribution in [0.15, 0.2) is 18.2 Å². The van der Waals surface area contributed by atoms with Gasteiger partial charge in [0.25, 0.3) is 0 Å². The van der Waals surface area contributed by atoms with Gasteiger partial charge in [-0.2, -0.15) is 0 Å². The van der Waals surface area contributed by atoms with Crippen molar-refractivity contribution in [2.75, 3.05) is 26.7 Å². The molecule has 0 amide bonds. The first-order valence-corrected chi connectivity index (χ1v) is 7.75. The van der Waals surface area contributed by atoms with E-state index in [1.807, 2.05) is 25.2 Å². The average Bonchev–Trinajstić information content (AvgIpc) is 2.41. The SMILES string of the molecule is CNCCC1CCN(Cc2ccc(Cl)cc2Cl)CC1. The highest BCUT2D eigenvalue weighted by Crippen LogP contribution is 2.25. The maximum atomic E-state index is 6.23. The molecule has 1 fully saturated rings. The third-order valence-electron chi connectivity index (χ3n) is 3.92. The first-order valence-electron chi connectivity index (χ1n) is 7.00. The molecule has 1 aromatic carbocycles. The highest BCUT2D eigenvalue weighted by molar-refractivity contribution is 6.35. The molecule has 0 atom stereocenters. The minimum atomic E-state index is 0.708. The Kier molecular flexibility index (Phi) is 5.96. The Morgan fingerprint density at radius 1 is 1.26 bits per heavy atom. The average molecular weight is 301 g/mol. The van der Waals surface area contributed by atoms with E-state index in [-0.39, 0.29) is 0 Å². The summed E-state index contributed by atoms with van der Waals surface area (Å²) in [6.45, 7) is 4.42. The molecule has 1 N–H and O–H groups in total. The van der Waals surface area contributed by atoms with Crippen molar-refractivity contribution in [2.24, 2.45) is 5.92 Å². The number of nitrogens with zero attached hydrogens (tertiary/aromatic N) is 1. The van der Waals surface area contributed by atoms with Gasteiger partial charge in [0.1, 0.15) is 0 Å². The molecule has 2 nitrogen and oxygen atoms in total. The van der Waals surface area contributed by atoms with Crippen LogP contribution in [0.3, 0.4) is 0 Å². The van der Waals surface area contributed by atoms with Gasteiger partial charge in [-0.3, -0.25) is 4.90 Å². The van der Waals surface area contributed by atoms with Gasteiger partial charge in [-0.15, -0.1) is 0 Å². The summed E-state index contributed by atoms with van der Waals surface area (Å²) in [6, 6.07) is 5.79. The maximum absolute atomic E-state index is 6.23. The molecule has 1 heterocycles. The van der Waals surface area contributed by atoms with Gasteiger partial charge in [-0.1, -0.05) is 29.3 Å². The summed E-state index contributed by atoms with van der Waals surface area (Å²) in [5.41, 5.74) is 1.18. The lowest BCUT2D eigenvalue weighted by atomic mass is 9.93. The lowest BCUT2D eigenvalue weighted by Gasteiger charge is -2.32. The number of nitrogens with one attached hydrogen (secondary N) is 1. The molecule has 4 heteroatoms. The summed E-state index contributed by atoms with van der Waals surface area (Å²) < 4.78 is 0. The first kappa shape index (κ1) is 15.1. The van der Waals surface area contributed by atoms with E-state index >= 15 is 0 Å². The van der Waals surface area contributed by atoms with Crippen molar-refractivity contribution in [1.82, 2.24) is 10.2 Å². The Balaban J connectivity index is 1.82. The minimum Gasteiger partial charge on any atom is -0.320 e. The molecule has 0 bridgehead atoms. The van der Waals surface area contributed by atoms with Crippen molar-refractivity contribution in [2.45, 2.75) is 25.8 Å². The highest BCUT2D eigenvalue weighted by Gasteiger charge is 2.19. The zero-order valence-corrected chi connectivity index (χ0v) is 13.0. The molecule has 0 radical (unpaired) electrons. The highest BCUT2D eigenvalue weighted by atomic mass is 35.5. The van der Waals surface area contributed by atoms with Crippen LogP contribution < -0.4 is 5.32 Å². The second-order valence-corrected chi connectivity index (χ2v) is 6.19. The van der Waals surface area contributed by atoms with Gasteiger partial charge >= 0.3 is 0 Å². The molecule has 0 saturated carbocycles. The lowest BCUT2D eigenvalue weighted by Crippen LogP contribution is -2.34. The summed E-state index contributed by atoms with van der Waals surface area (Å²) in [7, 11) is 2.03. The van der Waals surface area contributed by atoms with E-state index < -0.39 is 0 Å². The van der Waals surface area contributed by atoms with E-state index in [9.17, 15) is 0 Å². The number of halogens is 2. The predicted molar refractivity (Wildman–Crippen MR) is 83.0 cm³/mol. The molecule has 19 heavy (non-hydrogen) atoms. The summed E-state index contributed by atoms with van der Waals surface area (Å²) >= 11 is 12.1. The molecule has 0 aromatic heterocycles. The Labute approximate surface area is 126 Å².